The molecule has 0 saturated heterocycles. The maximum atomic E-state index is 11.1. The summed E-state index contributed by atoms with van der Waals surface area (Å²) in [4.78, 5) is 11.1. The van der Waals surface area contributed by atoms with Crippen LogP contribution in [0.1, 0.15) is 11.1 Å². The maximum Gasteiger partial charge on any atom is 0.332 e. The first-order valence-corrected chi connectivity index (χ1v) is 8.92. The van der Waals surface area contributed by atoms with Crippen LogP contribution in [0.4, 0.5) is 4.79 Å². The Kier molecular flexibility index (Phi) is 5.67. The first-order valence-electron chi connectivity index (χ1n) is 7.93. The number of carbonyl (C=O) groups excluding carboxylic acids is 1. The Balaban J connectivity index is 1.86. The average Bonchev–Trinajstić information content (AvgIpc) is 3.13. The molecule has 0 unspecified atom stereocenters. The average molecular weight is 383 g/mol. The highest BCUT2D eigenvalue weighted by Gasteiger charge is 2.15. The summed E-state index contributed by atoms with van der Waals surface area (Å²) in [6.45, 7) is 1.89. The van der Waals surface area contributed by atoms with Crippen molar-refractivity contribution < 1.29 is 9.90 Å². The molecule has 0 atom stereocenters. The molecule has 0 saturated carbocycles. The number of aromatic nitrogens is 4. The Morgan fingerprint density at radius 1 is 1.30 bits per heavy atom. The highest BCUT2D eigenvalue weighted by atomic mass is 32.2. The molecule has 0 radical (unpaired) electrons. The molecule has 0 fully saturated rings. The van der Waals surface area contributed by atoms with Gasteiger partial charge in [-0.25, -0.2) is 10.2 Å². The van der Waals surface area contributed by atoms with Crippen LogP contribution in [0.2, 0.25) is 0 Å². The van der Waals surface area contributed by atoms with E-state index in [9.17, 15) is 9.90 Å². The summed E-state index contributed by atoms with van der Waals surface area (Å²) in [5.74, 6) is 0.346. The number of phenolic OH excluding ortho intramolecular Hbond substituents is 1. The quantitative estimate of drug-likeness (QED) is 0.338. The molecular weight excluding hydrogens is 366 g/mol. The van der Waals surface area contributed by atoms with Crippen molar-refractivity contribution in [3.8, 4) is 11.4 Å². The number of hydrogen-bond acceptors (Lipinski definition) is 7. The third-order valence-corrected chi connectivity index (χ3v) is 4.47. The molecule has 2 aromatic carbocycles. The third-order valence-electron chi connectivity index (χ3n) is 3.54. The number of thioether (sulfide) groups is 1. The maximum absolute atomic E-state index is 11.1. The minimum atomic E-state index is -0.793. The molecule has 9 nitrogen and oxygen atoms in total. The number of aryl methyl sites for hydroxylation is 1. The van der Waals surface area contributed by atoms with Crippen molar-refractivity contribution in [3.63, 3.8) is 0 Å². The first kappa shape index (κ1) is 18.4. The monoisotopic (exact) mass is 383 g/mol. The van der Waals surface area contributed by atoms with Gasteiger partial charge in [-0.15, -0.1) is 5.10 Å². The molecule has 3 aromatic rings. The Bertz CT molecular complexity index is 972. The van der Waals surface area contributed by atoms with E-state index in [0.717, 1.165) is 11.3 Å². The van der Waals surface area contributed by atoms with Gasteiger partial charge in [-0.3, -0.25) is 0 Å². The number of benzene rings is 2. The van der Waals surface area contributed by atoms with Crippen molar-refractivity contribution >= 4 is 23.5 Å². The van der Waals surface area contributed by atoms with Crippen molar-refractivity contribution in [2.45, 2.75) is 12.1 Å². The molecule has 0 spiro atoms. The van der Waals surface area contributed by atoms with E-state index < -0.39 is 6.03 Å². The van der Waals surface area contributed by atoms with E-state index in [1.165, 1.54) is 11.8 Å². The Morgan fingerprint density at radius 2 is 2.07 bits per heavy atom. The molecule has 1 aromatic heterocycles. The molecule has 3 rings (SSSR count). The van der Waals surface area contributed by atoms with Gasteiger partial charge in [0, 0.05) is 11.3 Å². The number of para-hydroxylation sites is 1. The molecule has 0 aliphatic heterocycles. The third kappa shape index (κ3) is 4.61. The number of amides is 2. The molecule has 2 amide bonds. The van der Waals surface area contributed by atoms with Crippen LogP contribution in [-0.2, 0) is 0 Å². The van der Waals surface area contributed by atoms with E-state index in [-0.39, 0.29) is 5.75 Å². The summed E-state index contributed by atoms with van der Waals surface area (Å²) in [6, 6.07) is 13.8. The lowest BCUT2D eigenvalue weighted by Gasteiger charge is -2.10. The summed E-state index contributed by atoms with van der Waals surface area (Å²) >= 11 is 1.31. The van der Waals surface area contributed by atoms with Gasteiger partial charge in [0.1, 0.15) is 5.75 Å². The number of aromatic hydroxyl groups is 1. The van der Waals surface area contributed by atoms with Gasteiger partial charge in [-0.05, 0) is 41.6 Å². The van der Waals surface area contributed by atoms with Gasteiger partial charge in [0.15, 0.2) is 0 Å². The summed E-state index contributed by atoms with van der Waals surface area (Å²) in [5.41, 5.74) is 10.0. The molecule has 138 valence electrons. The lowest BCUT2D eigenvalue weighted by molar-refractivity contribution is 0.249. The second kappa shape index (κ2) is 8.32. The number of nitrogens with one attached hydrogen (secondary N) is 1. The normalized spacial score (nSPS) is 11.4. The standard InChI is InChI=1S/C17H17N7O2S/c1-11-7-8-15(25)13(9-11)14(19-20-16(18)26)10-27-17-21-22-23-24(17)12-5-3-2-4-6-12/h2-9,25H,10H2,1H3,(H3,18,20,26)/b19-14-. The number of primary amides is 1. The zero-order valence-corrected chi connectivity index (χ0v) is 15.2. The van der Waals surface area contributed by atoms with Crippen LogP contribution in [-0.4, -0.2) is 42.8 Å². The fourth-order valence-electron chi connectivity index (χ4n) is 2.31. The zero-order valence-electron chi connectivity index (χ0n) is 14.4. The Morgan fingerprint density at radius 3 is 2.81 bits per heavy atom. The number of tetrazole rings is 1. The number of urea groups is 1. The lowest BCUT2D eigenvalue weighted by atomic mass is 10.1. The first-order chi connectivity index (χ1) is 13.0. The zero-order chi connectivity index (χ0) is 19.2. The van der Waals surface area contributed by atoms with E-state index in [4.69, 9.17) is 5.73 Å². The summed E-state index contributed by atoms with van der Waals surface area (Å²) in [6.07, 6.45) is 0. The second-order valence-corrected chi connectivity index (χ2v) is 6.50. The fourth-order valence-corrected chi connectivity index (χ4v) is 3.15. The van der Waals surface area contributed by atoms with Crippen LogP contribution in [0.3, 0.4) is 0 Å². The van der Waals surface area contributed by atoms with Crippen molar-refractivity contribution in [1.29, 1.82) is 0 Å². The minimum Gasteiger partial charge on any atom is -0.507 e. The van der Waals surface area contributed by atoms with E-state index in [1.807, 2.05) is 37.3 Å². The molecule has 1 heterocycles. The van der Waals surface area contributed by atoms with E-state index in [1.54, 1.807) is 22.9 Å². The Hall–Kier alpha value is -3.40. The van der Waals surface area contributed by atoms with Crippen LogP contribution >= 0.6 is 11.8 Å². The van der Waals surface area contributed by atoms with Gasteiger partial charge >= 0.3 is 6.03 Å². The number of nitrogens with two attached hydrogens (primary N) is 1. The van der Waals surface area contributed by atoms with Crippen LogP contribution in [0, 0.1) is 6.92 Å². The largest absolute Gasteiger partial charge is 0.507 e. The number of phenols is 1. The van der Waals surface area contributed by atoms with Crippen LogP contribution in [0.15, 0.2) is 58.8 Å². The smallest absolute Gasteiger partial charge is 0.332 e. The van der Waals surface area contributed by atoms with E-state index >= 15 is 0 Å². The molecule has 27 heavy (non-hydrogen) atoms. The van der Waals surface area contributed by atoms with Crippen molar-refractivity contribution in [3.05, 3.63) is 59.7 Å². The predicted octanol–water partition coefficient (Wildman–Crippen LogP) is 1.84. The molecular formula is C17H17N7O2S. The second-order valence-electron chi connectivity index (χ2n) is 5.55. The highest BCUT2D eigenvalue weighted by Crippen LogP contribution is 2.24. The summed E-state index contributed by atoms with van der Waals surface area (Å²) in [7, 11) is 0. The number of hydrazone groups is 1. The van der Waals surface area contributed by atoms with Crippen molar-refractivity contribution in [2.75, 3.05) is 5.75 Å². The Labute approximate surface area is 159 Å². The van der Waals surface area contributed by atoms with E-state index in [0.29, 0.717) is 22.2 Å². The molecule has 0 aliphatic carbocycles. The van der Waals surface area contributed by atoms with Gasteiger partial charge in [0.05, 0.1) is 11.4 Å². The lowest BCUT2D eigenvalue weighted by Crippen LogP contribution is -2.26. The predicted molar refractivity (Wildman–Crippen MR) is 102 cm³/mol. The molecule has 0 bridgehead atoms. The van der Waals surface area contributed by atoms with Crippen LogP contribution in [0.25, 0.3) is 5.69 Å². The number of nitrogens with zero attached hydrogens (tertiary/aromatic N) is 5. The van der Waals surface area contributed by atoms with Gasteiger partial charge in [-0.1, -0.05) is 41.6 Å². The summed E-state index contributed by atoms with van der Waals surface area (Å²) < 4.78 is 1.60. The number of hydrogen-bond donors (Lipinski definition) is 3. The summed E-state index contributed by atoms with van der Waals surface area (Å²) in [5, 5.41) is 26.5. The van der Waals surface area contributed by atoms with Crippen molar-refractivity contribution in [2.24, 2.45) is 10.8 Å². The molecule has 10 heteroatoms. The van der Waals surface area contributed by atoms with Gasteiger partial charge < -0.3 is 10.8 Å². The van der Waals surface area contributed by atoms with E-state index in [2.05, 4.69) is 26.1 Å². The van der Waals surface area contributed by atoms with Gasteiger partial charge in [0.25, 0.3) is 0 Å². The number of rotatable bonds is 6. The minimum absolute atomic E-state index is 0.0499. The highest BCUT2D eigenvalue weighted by molar-refractivity contribution is 7.99. The number of carbonyl (C=O) groups is 1. The fraction of sp³-hybridized carbons (Fsp3) is 0.118. The van der Waals surface area contributed by atoms with Crippen LogP contribution in [0.5, 0.6) is 5.75 Å². The molecule has 0 aliphatic rings. The molecule has 4 N–H and O–H groups in total. The van der Waals surface area contributed by atoms with Crippen molar-refractivity contribution in [1.82, 2.24) is 25.6 Å². The van der Waals surface area contributed by atoms with Gasteiger partial charge in [-0.2, -0.15) is 9.78 Å². The SMILES string of the molecule is Cc1ccc(O)c(/C(CSc2nnnn2-c2ccccc2)=N\NC(N)=O)c1. The van der Waals surface area contributed by atoms with Gasteiger partial charge in [0.2, 0.25) is 5.16 Å². The van der Waals surface area contributed by atoms with Crippen LogP contribution < -0.4 is 11.2 Å². The topological polar surface area (TPSA) is 131 Å².